The van der Waals surface area contributed by atoms with Crippen molar-refractivity contribution in [2.24, 2.45) is 0 Å². The van der Waals surface area contributed by atoms with Crippen LogP contribution in [0, 0.1) is 13.8 Å². The topological polar surface area (TPSA) is 96.9 Å². The monoisotopic (exact) mass is 396 g/mol. The molecule has 4 heterocycles. The highest BCUT2D eigenvalue weighted by Crippen LogP contribution is 2.30. The lowest BCUT2D eigenvalue weighted by molar-refractivity contribution is 0.0904. The molecule has 1 amide bonds. The molecule has 0 atom stereocenters. The summed E-state index contributed by atoms with van der Waals surface area (Å²) in [4.78, 5) is 20.5. The molecule has 29 heavy (non-hydrogen) atoms. The van der Waals surface area contributed by atoms with E-state index >= 15 is 0 Å². The van der Waals surface area contributed by atoms with E-state index in [1.807, 2.05) is 24.7 Å². The predicted molar refractivity (Wildman–Crippen MR) is 112 cm³/mol. The molecular formula is C21H28N6O2. The number of anilines is 1. The Morgan fingerprint density at radius 3 is 2.83 bits per heavy atom. The summed E-state index contributed by atoms with van der Waals surface area (Å²) in [7, 11) is 0. The van der Waals surface area contributed by atoms with Crippen molar-refractivity contribution in [1.82, 2.24) is 25.1 Å². The maximum absolute atomic E-state index is 12.6. The summed E-state index contributed by atoms with van der Waals surface area (Å²) in [5.74, 6) is -0.0930. The summed E-state index contributed by atoms with van der Waals surface area (Å²) in [5.41, 5.74) is 5.31. The molecule has 0 bridgehead atoms. The van der Waals surface area contributed by atoms with E-state index < -0.39 is 0 Å². The maximum atomic E-state index is 12.6. The van der Waals surface area contributed by atoms with Crippen LogP contribution >= 0.6 is 0 Å². The summed E-state index contributed by atoms with van der Waals surface area (Å²) in [5, 5.41) is 12.3. The van der Waals surface area contributed by atoms with Crippen molar-refractivity contribution in [3.8, 4) is 0 Å². The second kappa shape index (κ2) is 8.24. The quantitative estimate of drug-likeness (QED) is 0.595. The Balaban J connectivity index is 1.67. The number of carbonyl (C=O) groups is 1. The second-order valence-corrected chi connectivity index (χ2v) is 7.48. The van der Waals surface area contributed by atoms with E-state index in [-0.39, 0.29) is 5.91 Å². The van der Waals surface area contributed by atoms with Crippen molar-refractivity contribution >= 4 is 22.6 Å². The molecule has 0 spiro atoms. The van der Waals surface area contributed by atoms with E-state index in [0.29, 0.717) is 18.2 Å². The van der Waals surface area contributed by atoms with Gasteiger partial charge in [0.25, 0.3) is 5.91 Å². The molecule has 0 aromatic carbocycles. The number of hydrogen-bond acceptors (Lipinski definition) is 5. The van der Waals surface area contributed by atoms with Gasteiger partial charge in [0, 0.05) is 55.5 Å². The molecule has 154 valence electrons. The molecule has 1 aliphatic heterocycles. The number of hydrogen-bond donors (Lipinski definition) is 3. The Hall–Kier alpha value is -2.87. The Bertz CT molecular complexity index is 1020. The number of ether oxygens (including phenoxy) is 1. The fourth-order valence-corrected chi connectivity index (χ4v) is 3.86. The Kier molecular flexibility index (Phi) is 5.53. The molecule has 3 aromatic heterocycles. The number of pyridine rings is 1. The number of carbonyl (C=O) groups excluding carboxylic acids is 1. The molecule has 1 aliphatic rings. The first kappa shape index (κ1) is 19.4. The van der Waals surface area contributed by atoms with Gasteiger partial charge < -0.3 is 20.4 Å². The third-order valence-electron chi connectivity index (χ3n) is 5.59. The Morgan fingerprint density at radius 1 is 1.34 bits per heavy atom. The van der Waals surface area contributed by atoms with Crippen LogP contribution in [-0.2, 0) is 17.8 Å². The molecule has 0 saturated carbocycles. The van der Waals surface area contributed by atoms with Gasteiger partial charge in [0.05, 0.1) is 22.8 Å². The minimum atomic E-state index is -0.0930. The lowest BCUT2D eigenvalue weighted by atomic mass is 10.0. The summed E-state index contributed by atoms with van der Waals surface area (Å²) in [6.07, 6.45) is 5.56. The average molecular weight is 396 g/mol. The molecule has 3 N–H and O–H groups in total. The molecule has 8 heteroatoms. The maximum Gasteiger partial charge on any atom is 0.253 e. The number of aryl methyl sites for hydroxylation is 3. The number of aromatic nitrogens is 4. The molecule has 8 nitrogen and oxygen atoms in total. The van der Waals surface area contributed by atoms with Crippen LogP contribution in [-0.4, -0.2) is 44.9 Å². The van der Waals surface area contributed by atoms with Crippen LogP contribution < -0.4 is 10.6 Å². The van der Waals surface area contributed by atoms with E-state index in [1.165, 1.54) is 0 Å². The highest BCUT2D eigenvalue weighted by Gasteiger charge is 2.21. The average Bonchev–Trinajstić information content (AvgIpc) is 3.33. The highest BCUT2D eigenvalue weighted by molar-refractivity contribution is 5.96. The van der Waals surface area contributed by atoms with Crippen molar-refractivity contribution in [3.63, 3.8) is 0 Å². The van der Waals surface area contributed by atoms with Crippen LogP contribution in [0.5, 0.6) is 0 Å². The van der Waals surface area contributed by atoms with E-state index in [0.717, 1.165) is 66.3 Å². The normalized spacial score (nSPS) is 15.0. The minimum Gasteiger partial charge on any atom is -0.381 e. The smallest absolute Gasteiger partial charge is 0.253 e. The van der Waals surface area contributed by atoms with E-state index in [1.54, 1.807) is 12.3 Å². The predicted octanol–water partition coefficient (Wildman–Crippen LogP) is 2.92. The zero-order valence-electron chi connectivity index (χ0n) is 17.2. The standard InChI is InChI=1S/C21H28N6O2/c1-4-27-20-18(12-24-27)19(26-15-6-9-29-10-7-15)17(14(3)25-20)11-23-21(28)16-5-8-22-13(16)2/h5,8,12,15,22H,4,6-7,9-11H2,1-3H3,(H,23,28)(H,25,26). The second-order valence-electron chi connectivity index (χ2n) is 7.48. The lowest BCUT2D eigenvalue weighted by Crippen LogP contribution is -2.30. The van der Waals surface area contributed by atoms with Gasteiger partial charge in [0.15, 0.2) is 5.65 Å². The van der Waals surface area contributed by atoms with Gasteiger partial charge in [-0.05, 0) is 39.7 Å². The summed E-state index contributed by atoms with van der Waals surface area (Å²) >= 11 is 0. The first-order valence-corrected chi connectivity index (χ1v) is 10.2. The van der Waals surface area contributed by atoms with Crippen LogP contribution in [0.15, 0.2) is 18.5 Å². The van der Waals surface area contributed by atoms with Gasteiger partial charge in [-0.25, -0.2) is 9.67 Å². The number of nitrogens with one attached hydrogen (secondary N) is 3. The summed E-state index contributed by atoms with van der Waals surface area (Å²) < 4.78 is 7.41. The number of rotatable bonds is 6. The highest BCUT2D eigenvalue weighted by atomic mass is 16.5. The number of fused-ring (bicyclic) bond motifs is 1. The summed E-state index contributed by atoms with van der Waals surface area (Å²) in [6, 6.07) is 2.13. The van der Waals surface area contributed by atoms with Crippen LogP contribution in [0.1, 0.15) is 47.1 Å². The van der Waals surface area contributed by atoms with Crippen molar-refractivity contribution in [2.75, 3.05) is 18.5 Å². The van der Waals surface area contributed by atoms with Gasteiger partial charge >= 0.3 is 0 Å². The largest absolute Gasteiger partial charge is 0.381 e. The van der Waals surface area contributed by atoms with Crippen LogP contribution in [0.25, 0.3) is 11.0 Å². The van der Waals surface area contributed by atoms with Crippen LogP contribution in [0.2, 0.25) is 0 Å². The van der Waals surface area contributed by atoms with Crippen LogP contribution in [0.3, 0.4) is 0 Å². The van der Waals surface area contributed by atoms with Gasteiger partial charge in [0.2, 0.25) is 0 Å². The zero-order chi connectivity index (χ0) is 20.4. The minimum absolute atomic E-state index is 0.0930. The van der Waals surface area contributed by atoms with Crippen molar-refractivity contribution in [1.29, 1.82) is 0 Å². The first-order valence-electron chi connectivity index (χ1n) is 10.2. The third-order valence-corrected chi connectivity index (χ3v) is 5.59. The van der Waals surface area contributed by atoms with Crippen molar-refractivity contribution in [3.05, 3.63) is 41.0 Å². The van der Waals surface area contributed by atoms with Crippen molar-refractivity contribution < 1.29 is 9.53 Å². The zero-order valence-corrected chi connectivity index (χ0v) is 17.2. The summed E-state index contributed by atoms with van der Waals surface area (Å²) in [6.45, 7) is 8.63. The fraction of sp³-hybridized carbons (Fsp3) is 0.476. The molecule has 3 aromatic rings. The Morgan fingerprint density at radius 2 is 2.14 bits per heavy atom. The van der Waals surface area contributed by atoms with Gasteiger partial charge in [-0.15, -0.1) is 0 Å². The SMILES string of the molecule is CCn1ncc2c(NC3CCOCC3)c(CNC(=O)c3cc[nH]c3C)c(C)nc21. The molecule has 0 radical (unpaired) electrons. The van der Waals surface area contributed by atoms with Gasteiger partial charge in [-0.3, -0.25) is 4.79 Å². The van der Waals surface area contributed by atoms with Crippen molar-refractivity contribution in [2.45, 2.75) is 52.7 Å². The lowest BCUT2D eigenvalue weighted by Gasteiger charge is -2.26. The first-order chi connectivity index (χ1) is 14.1. The number of aromatic amines is 1. The number of nitrogens with zero attached hydrogens (tertiary/aromatic N) is 3. The van der Waals surface area contributed by atoms with Gasteiger partial charge in [-0.2, -0.15) is 5.10 Å². The number of H-pyrrole nitrogens is 1. The van der Waals surface area contributed by atoms with Gasteiger partial charge in [0.1, 0.15) is 0 Å². The molecule has 0 unspecified atom stereocenters. The van der Waals surface area contributed by atoms with E-state index in [2.05, 4.69) is 27.6 Å². The van der Waals surface area contributed by atoms with E-state index in [4.69, 9.17) is 9.72 Å². The number of amides is 1. The Labute approximate surface area is 170 Å². The molecule has 1 fully saturated rings. The van der Waals surface area contributed by atoms with E-state index in [9.17, 15) is 4.79 Å². The molecule has 1 saturated heterocycles. The third kappa shape index (κ3) is 3.85. The molecular weight excluding hydrogens is 368 g/mol. The molecule has 4 rings (SSSR count). The van der Waals surface area contributed by atoms with Crippen LogP contribution in [0.4, 0.5) is 5.69 Å². The molecule has 0 aliphatic carbocycles. The fourth-order valence-electron chi connectivity index (χ4n) is 3.86. The van der Waals surface area contributed by atoms with Gasteiger partial charge in [-0.1, -0.05) is 0 Å².